The second-order valence-corrected chi connectivity index (χ2v) is 9.03. The molecule has 0 fully saturated rings. The Labute approximate surface area is 186 Å². The summed E-state index contributed by atoms with van der Waals surface area (Å²) >= 11 is 6.22. The molecule has 0 aromatic heterocycles. The van der Waals surface area contributed by atoms with Crippen LogP contribution in [0.1, 0.15) is 43.7 Å². The number of rotatable bonds is 4. The van der Waals surface area contributed by atoms with Crippen molar-refractivity contribution in [1.29, 1.82) is 5.26 Å². The number of halogens is 1. The number of Topliss-reactive ketones (excluding diaryl/α,β-unsaturated/α-hetero) is 1. The van der Waals surface area contributed by atoms with Gasteiger partial charge in [0.15, 0.2) is 5.78 Å². The van der Waals surface area contributed by atoms with Gasteiger partial charge in [0.05, 0.1) is 10.9 Å². The van der Waals surface area contributed by atoms with Crippen molar-refractivity contribution >= 4 is 17.4 Å². The second-order valence-electron chi connectivity index (χ2n) is 8.62. The van der Waals surface area contributed by atoms with Crippen molar-refractivity contribution in [2.75, 3.05) is 0 Å². The van der Waals surface area contributed by atoms with Crippen LogP contribution in [0, 0.1) is 16.7 Å². The number of carbonyl (C=O) groups is 1. The SMILES string of the molecule is CC1(C)CC(=O)C2=C(C1)OC(N)=C(C#N)C2c1ccccc1COc1ccccc1Cl. The molecule has 0 bridgehead atoms. The van der Waals surface area contributed by atoms with Gasteiger partial charge < -0.3 is 15.2 Å². The van der Waals surface area contributed by atoms with Crippen LogP contribution in [0.2, 0.25) is 5.02 Å². The molecule has 158 valence electrons. The third-order valence-corrected chi connectivity index (χ3v) is 5.97. The van der Waals surface area contributed by atoms with E-state index in [4.69, 9.17) is 26.8 Å². The molecule has 1 heterocycles. The maximum atomic E-state index is 13.2. The van der Waals surface area contributed by atoms with Gasteiger partial charge in [-0.15, -0.1) is 0 Å². The lowest BCUT2D eigenvalue weighted by molar-refractivity contribution is -0.119. The van der Waals surface area contributed by atoms with Crippen molar-refractivity contribution < 1.29 is 14.3 Å². The Kier molecular flexibility index (Phi) is 5.51. The number of para-hydroxylation sites is 1. The summed E-state index contributed by atoms with van der Waals surface area (Å²) in [6.45, 7) is 4.29. The molecule has 2 N–H and O–H groups in total. The minimum absolute atomic E-state index is 0.0154. The first-order chi connectivity index (χ1) is 14.8. The van der Waals surface area contributed by atoms with E-state index in [0.29, 0.717) is 34.9 Å². The summed E-state index contributed by atoms with van der Waals surface area (Å²) in [4.78, 5) is 13.2. The number of nitriles is 1. The van der Waals surface area contributed by atoms with Crippen LogP contribution in [0.15, 0.2) is 71.3 Å². The zero-order valence-electron chi connectivity index (χ0n) is 17.4. The number of nitrogens with two attached hydrogens (primary N) is 1. The quantitative estimate of drug-likeness (QED) is 0.699. The van der Waals surface area contributed by atoms with Crippen molar-refractivity contribution in [3.63, 3.8) is 0 Å². The van der Waals surface area contributed by atoms with Gasteiger partial charge in [0, 0.05) is 18.4 Å². The normalized spacial score (nSPS) is 20.1. The van der Waals surface area contributed by atoms with E-state index in [9.17, 15) is 10.1 Å². The molecule has 2 aromatic carbocycles. The highest BCUT2D eigenvalue weighted by atomic mass is 35.5. The van der Waals surface area contributed by atoms with Crippen molar-refractivity contribution in [3.05, 3.63) is 87.5 Å². The van der Waals surface area contributed by atoms with E-state index in [1.807, 2.05) is 50.2 Å². The molecule has 0 radical (unpaired) electrons. The van der Waals surface area contributed by atoms with Crippen LogP contribution in [0.4, 0.5) is 0 Å². The molecule has 1 aliphatic carbocycles. The van der Waals surface area contributed by atoms with Gasteiger partial charge in [-0.2, -0.15) is 5.26 Å². The van der Waals surface area contributed by atoms with Crippen molar-refractivity contribution in [1.82, 2.24) is 0 Å². The topological polar surface area (TPSA) is 85.3 Å². The third kappa shape index (κ3) is 4.04. The smallest absolute Gasteiger partial charge is 0.205 e. The van der Waals surface area contributed by atoms with Gasteiger partial charge in [-0.3, -0.25) is 4.79 Å². The zero-order valence-corrected chi connectivity index (χ0v) is 18.2. The third-order valence-electron chi connectivity index (χ3n) is 5.66. The first-order valence-corrected chi connectivity index (χ1v) is 10.5. The minimum Gasteiger partial charge on any atom is -0.487 e. The average molecular weight is 435 g/mol. The molecule has 0 saturated carbocycles. The van der Waals surface area contributed by atoms with Crippen LogP contribution >= 0.6 is 11.6 Å². The number of ketones is 1. The molecular formula is C25H23ClN2O3. The first kappa shape index (κ1) is 21.0. The maximum absolute atomic E-state index is 13.2. The van der Waals surface area contributed by atoms with E-state index in [-0.39, 0.29) is 29.3 Å². The highest BCUT2D eigenvalue weighted by Crippen LogP contribution is 2.48. The predicted molar refractivity (Wildman–Crippen MR) is 118 cm³/mol. The van der Waals surface area contributed by atoms with E-state index < -0.39 is 5.92 Å². The molecule has 1 atom stereocenters. The van der Waals surface area contributed by atoms with Gasteiger partial charge in [-0.05, 0) is 28.7 Å². The number of hydrogen-bond donors (Lipinski definition) is 1. The fraction of sp³-hybridized carbons (Fsp3) is 0.280. The Balaban J connectivity index is 1.77. The summed E-state index contributed by atoms with van der Waals surface area (Å²) in [7, 11) is 0. The van der Waals surface area contributed by atoms with Gasteiger partial charge in [0.1, 0.15) is 29.8 Å². The van der Waals surface area contributed by atoms with Gasteiger partial charge in [-0.25, -0.2) is 0 Å². The van der Waals surface area contributed by atoms with E-state index in [1.54, 1.807) is 12.1 Å². The Hall–Kier alpha value is -3.23. The van der Waals surface area contributed by atoms with Gasteiger partial charge in [-0.1, -0.05) is 61.8 Å². The molecule has 0 spiro atoms. The summed E-state index contributed by atoms with van der Waals surface area (Å²) < 4.78 is 11.7. The lowest BCUT2D eigenvalue weighted by Gasteiger charge is -2.37. The number of carbonyl (C=O) groups excluding carboxylic acids is 1. The molecule has 0 amide bonds. The van der Waals surface area contributed by atoms with Crippen LogP contribution in [0.25, 0.3) is 0 Å². The van der Waals surface area contributed by atoms with Crippen LogP contribution in [0.5, 0.6) is 5.75 Å². The van der Waals surface area contributed by atoms with Gasteiger partial charge in [0.25, 0.3) is 0 Å². The second kappa shape index (κ2) is 8.13. The number of ether oxygens (including phenoxy) is 2. The van der Waals surface area contributed by atoms with Crippen molar-refractivity contribution in [2.45, 2.75) is 39.2 Å². The van der Waals surface area contributed by atoms with Crippen molar-refractivity contribution in [2.24, 2.45) is 11.1 Å². The summed E-state index contributed by atoms with van der Waals surface area (Å²) in [5.41, 5.74) is 8.33. The molecule has 1 aliphatic heterocycles. The Morgan fingerprint density at radius 3 is 2.65 bits per heavy atom. The molecule has 0 saturated heterocycles. The van der Waals surface area contributed by atoms with Crippen LogP contribution in [-0.4, -0.2) is 5.78 Å². The first-order valence-electron chi connectivity index (χ1n) is 10.1. The summed E-state index contributed by atoms with van der Waals surface area (Å²) in [6.07, 6.45) is 0.977. The molecule has 1 unspecified atom stereocenters. The number of hydrogen-bond acceptors (Lipinski definition) is 5. The zero-order chi connectivity index (χ0) is 22.2. The van der Waals surface area contributed by atoms with E-state index in [1.165, 1.54) is 0 Å². The van der Waals surface area contributed by atoms with Gasteiger partial charge >= 0.3 is 0 Å². The predicted octanol–water partition coefficient (Wildman–Crippen LogP) is 5.37. The largest absolute Gasteiger partial charge is 0.487 e. The molecule has 4 rings (SSSR count). The maximum Gasteiger partial charge on any atom is 0.205 e. The molecule has 31 heavy (non-hydrogen) atoms. The Morgan fingerprint density at radius 2 is 1.90 bits per heavy atom. The molecular weight excluding hydrogens is 412 g/mol. The highest BCUT2D eigenvalue weighted by Gasteiger charge is 2.43. The summed E-state index contributed by atoms with van der Waals surface area (Å²) in [6, 6.07) is 17.0. The lowest BCUT2D eigenvalue weighted by atomic mass is 9.70. The van der Waals surface area contributed by atoms with Gasteiger partial charge in [0.2, 0.25) is 5.88 Å². The van der Waals surface area contributed by atoms with E-state index in [0.717, 1.165) is 11.1 Å². The fourth-order valence-corrected chi connectivity index (χ4v) is 4.45. The number of allylic oxidation sites excluding steroid dienone is 3. The minimum atomic E-state index is -0.580. The number of benzene rings is 2. The summed E-state index contributed by atoms with van der Waals surface area (Å²) in [5.74, 6) is 0.585. The average Bonchev–Trinajstić information content (AvgIpc) is 2.71. The lowest BCUT2D eigenvalue weighted by Crippen LogP contribution is -2.33. The van der Waals surface area contributed by atoms with E-state index >= 15 is 0 Å². The van der Waals surface area contributed by atoms with Crippen LogP contribution in [-0.2, 0) is 16.1 Å². The highest BCUT2D eigenvalue weighted by molar-refractivity contribution is 6.32. The fourth-order valence-electron chi connectivity index (χ4n) is 4.26. The Morgan fingerprint density at radius 1 is 1.19 bits per heavy atom. The van der Waals surface area contributed by atoms with Crippen molar-refractivity contribution in [3.8, 4) is 11.8 Å². The van der Waals surface area contributed by atoms with E-state index in [2.05, 4.69) is 6.07 Å². The van der Waals surface area contributed by atoms with Crippen LogP contribution in [0.3, 0.4) is 0 Å². The molecule has 2 aromatic rings. The molecule has 5 nitrogen and oxygen atoms in total. The standard InChI is InChI=1S/C25H23ClN2O3/c1-25(2)11-19(29)23-21(12-25)31-24(28)17(13-27)22(23)16-8-4-3-7-15(16)14-30-20-10-6-5-9-18(20)26/h3-10,22H,11-12,14,28H2,1-2H3. The summed E-state index contributed by atoms with van der Waals surface area (Å²) in [5, 5.41) is 10.4. The molecule has 6 heteroatoms. The monoisotopic (exact) mass is 434 g/mol. The Bertz CT molecular complexity index is 1160. The van der Waals surface area contributed by atoms with Crippen LogP contribution < -0.4 is 10.5 Å². The molecule has 2 aliphatic rings. The number of nitrogens with zero attached hydrogens (tertiary/aromatic N) is 1.